The van der Waals surface area contributed by atoms with Crippen molar-refractivity contribution in [1.82, 2.24) is 49.8 Å². The van der Waals surface area contributed by atoms with E-state index in [1.165, 1.54) is 0 Å². The molecule has 5 N–H and O–H groups in total. The number of alkyl halides is 1. The maximum absolute atomic E-state index is 13.6. The van der Waals surface area contributed by atoms with E-state index >= 15 is 0 Å². The predicted molar refractivity (Wildman–Crippen MR) is 316 cm³/mol. The van der Waals surface area contributed by atoms with Gasteiger partial charge in [0.2, 0.25) is 11.9 Å². The van der Waals surface area contributed by atoms with E-state index in [-0.39, 0.29) is 41.6 Å². The van der Waals surface area contributed by atoms with Crippen LogP contribution in [0, 0.1) is 41.5 Å². The Labute approximate surface area is 483 Å². The second kappa shape index (κ2) is 24.9. The highest BCUT2D eigenvalue weighted by Gasteiger charge is 2.41. The molecule has 0 spiro atoms. The molecule has 21 heteroatoms. The van der Waals surface area contributed by atoms with Crippen LogP contribution in [0.3, 0.4) is 0 Å². The SMILES string of the molecule is CC1=CC(C)=C(CNC(=O)c2cc(-c3cnc(N4C[C@@H]5C[C@H]4CO5)nc3)cc(-c3c(C)cnn3C)c2C)C(=O)C1.Cc1cc(C)c(CN)c(=O)[nH]1.Cc1cnn(C)c1-c1cc(-c2cnc(N3C[C@@H]4C[C@H]3CO4)nc2)cc(C(=O)O)c1C.[2H]CF. The van der Waals surface area contributed by atoms with Gasteiger partial charge in [-0.15, -0.1) is 0 Å². The molecule has 1 amide bonds. The van der Waals surface area contributed by atoms with Gasteiger partial charge in [-0.25, -0.2) is 24.7 Å². The Morgan fingerprint density at radius 2 is 1.20 bits per heavy atom. The van der Waals surface area contributed by atoms with E-state index in [4.69, 9.17) is 26.5 Å². The quantitative estimate of drug-likeness (QED) is 0.0958. The predicted octanol–water partition coefficient (Wildman–Crippen LogP) is 7.98. The lowest BCUT2D eigenvalue weighted by Gasteiger charge is -2.26. The summed E-state index contributed by atoms with van der Waals surface area (Å²) >= 11 is 0. The average molecular weight is 1130 g/mol. The van der Waals surface area contributed by atoms with Crippen molar-refractivity contribution in [3.05, 3.63) is 151 Å². The van der Waals surface area contributed by atoms with E-state index in [2.05, 4.69) is 46.3 Å². The topological polar surface area (TPSA) is 254 Å². The fourth-order valence-corrected chi connectivity index (χ4v) is 11.8. The Kier molecular flexibility index (Phi) is 17.3. The summed E-state index contributed by atoms with van der Waals surface area (Å²) in [7, 11) is 2.76. The van der Waals surface area contributed by atoms with Crippen molar-refractivity contribution >= 4 is 29.6 Å². The number of ketones is 1. The van der Waals surface area contributed by atoms with Crippen LogP contribution in [0.15, 0.2) is 95.1 Å². The minimum Gasteiger partial charge on any atom is -0.478 e. The van der Waals surface area contributed by atoms with Gasteiger partial charge in [-0.05, 0) is 143 Å². The third kappa shape index (κ3) is 12.3. The number of aryl methyl sites for hydroxylation is 6. The van der Waals surface area contributed by atoms with E-state index in [0.29, 0.717) is 59.2 Å². The minimum absolute atomic E-state index is 0.0597. The maximum atomic E-state index is 13.6. The Bertz CT molecular complexity index is 3720. The lowest BCUT2D eigenvalue weighted by Crippen LogP contribution is -2.38. The number of halogens is 1. The molecule has 12 rings (SSSR count). The number of hydrogen-bond acceptors (Lipinski definition) is 15. The third-order valence-corrected chi connectivity index (χ3v) is 16.1. The first kappa shape index (κ1) is 57.7. The number of aromatic amines is 1. The minimum atomic E-state index is -1.00. The largest absolute Gasteiger partial charge is 0.478 e. The number of amides is 1. The van der Waals surface area contributed by atoms with Gasteiger partial charge in [0.25, 0.3) is 11.5 Å². The highest BCUT2D eigenvalue weighted by molar-refractivity contribution is 6.03. The van der Waals surface area contributed by atoms with Crippen LogP contribution < -0.4 is 26.4 Å². The zero-order chi connectivity index (χ0) is 60.3. The molecule has 5 aromatic heterocycles. The fourth-order valence-electron chi connectivity index (χ4n) is 11.8. The summed E-state index contributed by atoms with van der Waals surface area (Å²) in [5, 5.41) is 21.5. The average Bonchev–Trinajstić information content (AvgIpc) is 3.52. The summed E-state index contributed by atoms with van der Waals surface area (Å²) in [5.74, 6) is 0.274. The van der Waals surface area contributed by atoms with Gasteiger partial charge in [0, 0.05) is 116 Å². The monoisotopic (exact) mass is 1130 g/mol. The van der Waals surface area contributed by atoms with Crippen LogP contribution in [0.4, 0.5) is 16.3 Å². The van der Waals surface area contributed by atoms with Gasteiger partial charge in [-0.3, -0.25) is 28.1 Å². The van der Waals surface area contributed by atoms with Crippen LogP contribution in [0.5, 0.6) is 0 Å². The number of carboxylic acid groups (broad SMARTS) is 1. The summed E-state index contributed by atoms with van der Waals surface area (Å²) in [5.41, 5.74) is 21.6. The zero-order valence-electron chi connectivity index (χ0n) is 49.6. The van der Waals surface area contributed by atoms with Crippen molar-refractivity contribution in [2.75, 3.05) is 49.8 Å². The molecule has 4 saturated heterocycles. The number of morpholine rings is 2. The molecule has 434 valence electrons. The molecule has 9 heterocycles. The molecule has 20 nitrogen and oxygen atoms in total. The van der Waals surface area contributed by atoms with Crippen molar-refractivity contribution in [2.45, 2.75) is 105 Å². The molecule has 0 radical (unpaired) electrons. The molecule has 4 atom stereocenters. The van der Waals surface area contributed by atoms with Gasteiger partial charge in [0.1, 0.15) is 0 Å². The molecule has 4 fully saturated rings. The van der Waals surface area contributed by atoms with Gasteiger partial charge in [-0.2, -0.15) is 10.2 Å². The van der Waals surface area contributed by atoms with E-state index in [1.54, 1.807) is 29.3 Å². The summed E-state index contributed by atoms with van der Waals surface area (Å²) < 4.78 is 30.5. The number of aromatic nitrogens is 9. The zero-order valence-corrected chi connectivity index (χ0v) is 48.6. The van der Waals surface area contributed by atoms with E-state index in [9.17, 15) is 28.7 Å². The second-order valence-electron chi connectivity index (χ2n) is 21.9. The number of carbonyl (C=O) groups excluding carboxylic acids is 2. The van der Waals surface area contributed by atoms with E-state index in [0.717, 1.165) is 123 Å². The summed E-state index contributed by atoms with van der Waals surface area (Å²) in [6.07, 6.45) is 15.8. The fraction of sp³-hybridized carbons (Fsp3) is 0.387. The molecule has 2 aromatic carbocycles. The number of aromatic carboxylic acids is 1. The number of Topliss-reactive ketones (excluding diaryl/α,β-unsaturated/α-hetero) is 1. The molecule has 83 heavy (non-hydrogen) atoms. The first-order chi connectivity index (χ1) is 40.2. The van der Waals surface area contributed by atoms with Gasteiger partial charge in [0.05, 0.1) is 75.4 Å². The number of nitrogens with two attached hydrogens (primary N) is 1. The van der Waals surface area contributed by atoms with Crippen LogP contribution in [0.1, 0.15) is 94.3 Å². The van der Waals surface area contributed by atoms with Crippen LogP contribution in [-0.4, -0.2) is 132 Å². The smallest absolute Gasteiger partial charge is 0.335 e. The Morgan fingerprint density at radius 3 is 1.60 bits per heavy atom. The summed E-state index contributed by atoms with van der Waals surface area (Å²) in [6, 6.07) is 10.2. The number of ether oxygens (including phenoxy) is 2. The molecule has 0 unspecified atom stereocenters. The van der Waals surface area contributed by atoms with Crippen LogP contribution >= 0.6 is 0 Å². The van der Waals surface area contributed by atoms with Gasteiger partial charge < -0.3 is 40.4 Å². The number of carboxylic acids is 1. The first-order valence-electron chi connectivity index (χ1n) is 28.2. The molecule has 7 aromatic rings. The van der Waals surface area contributed by atoms with Crippen molar-refractivity contribution in [3.8, 4) is 44.8 Å². The highest BCUT2D eigenvalue weighted by Crippen LogP contribution is 2.37. The van der Waals surface area contributed by atoms with Crippen LogP contribution in [0.25, 0.3) is 44.8 Å². The van der Waals surface area contributed by atoms with Gasteiger partial charge in [-0.1, -0.05) is 11.6 Å². The number of benzene rings is 2. The van der Waals surface area contributed by atoms with Crippen molar-refractivity contribution in [2.24, 2.45) is 19.8 Å². The Morgan fingerprint density at radius 1 is 0.723 bits per heavy atom. The Balaban J connectivity index is 0.000000168. The van der Waals surface area contributed by atoms with E-state index in [1.807, 2.05) is 117 Å². The van der Waals surface area contributed by atoms with Crippen molar-refractivity contribution in [1.29, 1.82) is 0 Å². The molecular formula is C62H72FN13O7. The highest BCUT2D eigenvalue weighted by atomic mass is 19.1. The number of nitrogens with one attached hydrogen (secondary N) is 2. The summed E-state index contributed by atoms with van der Waals surface area (Å²) in [4.78, 5) is 75.0. The third-order valence-electron chi connectivity index (χ3n) is 16.1. The number of fused-ring (bicyclic) bond motifs is 4. The molecule has 4 aliphatic heterocycles. The number of allylic oxidation sites excluding steroid dienone is 3. The van der Waals surface area contributed by atoms with Crippen molar-refractivity contribution in [3.63, 3.8) is 0 Å². The molecule has 5 aliphatic rings. The number of hydrogen-bond donors (Lipinski definition) is 4. The molecular weight excluding hydrogens is 1060 g/mol. The first-order valence-corrected chi connectivity index (χ1v) is 27.5. The number of pyridine rings is 1. The molecule has 0 saturated carbocycles. The lowest BCUT2D eigenvalue weighted by molar-refractivity contribution is -0.115. The molecule has 4 bridgehead atoms. The number of H-pyrrole nitrogens is 1. The standard InChI is InChI=1S/C31H34N6O3.C22H23N5O3.C8H12N2O.CH3F/c1-17-6-18(2)27(28(38)7-17)14-32-30(39)26-9-21(8-25(20(26)4)29-19(3)11-35-36(29)5)22-12-33-31(34-13-22)37-15-24-10-23(37)16-40-24;1-12-7-25-26(3)20(12)18-4-14(5-19(13(18)2)21(28)29)15-8-23-22(24-9-15)27-10-17-6-16(27)11-30-17;1-5-3-6(2)10-8(11)7(5)4-9;1-2/h6,8-9,11-13,23-24H,7,10,14-16H2,1-5H3,(H,32,39);4-5,7-9,16-17H,6,10-11H2,1-3H3,(H,28,29);3H,4,9H2,1-2H3,(H,10,11);1H3/t23-,24-;16-,17-;;/m00../s1/i;;;1D. The molecule has 1 aliphatic carbocycles. The number of carbonyl (C=O) groups is 3. The number of rotatable bonds is 11. The number of anilines is 2. The lowest BCUT2D eigenvalue weighted by atomic mass is 9.91. The Hall–Kier alpha value is -8.53. The maximum Gasteiger partial charge on any atom is 0.335 e. The van der Waals surface area contributed by atoms with Crippen LogP contribution in [-0.2, 0) is 34.9 Å². The normalized spacial score (nSPS) is 18.7. The van der Waals surface area contributed by atoms with E-state index < -0.39 is 13.1 Å². The van der Waals surface area contributed by atoms with Gasteiger partial charge >= 0.3 is 5.97 Å². The van der Waals surface area contributed by atoms with Gasteiger partial charge in [0.15, 0.2) is 5.78 Å². The summed E-state index contributed by atoms with van der Waals surface area (Å²) in [6.45, 7) is 19.0. The van der Waals surface area contributed by atoms with Crippen molar-refractivity contribution < 1.29 is 34.7 Å². The number of nitrogens with zero attached hydrogens (tertiary/aromatic N) is 10. The second-order valence-corrected chi connectivity index (χ2v) is 21.9. The van der Waals surface area contributed by atoms with Crippen LogP contribution in [0.2, 0.25) is 0 Å².